The van der Waals surface area contributed by atoms with Crippen LogP contribution in [-0.4, -0.2) is 25.7 Å². The highest BCUT2D eigenvalue weighted by atomic mass is 16.5. The van der Waals surface area contributed by atoms with Crippen LogP contribution in [0.1, 0.15) is 13.3 Å². The number of para-hydroxylation sites is 1. The number of carbonyl (C=O) groups excluding carboxylic acids is 1. The maximum atomic E-state index is 11.2. The number of ether oxygens (including phenoxy) is 1. The molecule has 90 valence electrons. The SMILES string of the molecule is CCN(c1ccccc1)C(C#N)CC(=O)OC. The van der Waals surface area contributed by atoms with Gasteiger partial charge in [-0.25, -0.2) is 0 Å². The van der Waals surface area contributed by atoms with Gasteiger partial charge < -0.3 is 9.64 Å². The van der Waals surface area contributed by atoms with Crippen molar-refractivity contribution in [3.63, 3.8) is 0 Å². The van der Waals surface area contributed by atoms with Crippen LogP contribution in [-0.2, 0) is 9.53 Å². The van der Waals surface area contributed by atoms with Gasteiger partial charge in [0.2, 0.25) is 0 Å². The fourth-order valence-corrected chi connectivity index (χ4v) is 1.67. The van der Waals surface area contributed by atoms with Crippen molar-refractivity contribution < 1.29 is 9.53 Å². The molecular formula is C13H16N2O2. The monoisotopic (exact) mass is 232 g/mol. The lowest BCUT2D eigenvalue weighted by Gasteiger charge is -2.27. The summed E-state index contributed by atoms with van der Waals surface area (Å²) in [5.74, 6) is -0.370. The number of esters is 1. The van der Waals surface area contributed by atoms with Gasteiger partial charge in [0.05, 0.1) is 19.6 Å². The predicted molar refractivity (Wildman–Crippen MR) is 65.5 cm³/mol. The van der Waals surface area contributed by atoms with Gasteiger partial charge in [0, 0.05) is 12.2 Å². The Hall–Kier alpha value is -2.02. The number of carbonyl (C=O) groups is 1. The standard InChI is InChI=1S/C13H16N2O2/c1-3-15(11-7-5-4-6-8-11)12(10-14)9-13(16)17-2/h4-8,12H,3,9H2,1-2H3. The number of anilines is 1. The Balaban J connectivity index is 2.85. The summed E-state index contributed by atoms with van der Waals surface area (Å²) in [5.41, 5.74) is 0.936. The molecule has 4 heteroatoms. The van der Waals surface area contributed by atoms with Crippen LogP contribution in [0.2, 0.25) is 0 Å². The molecule has 0 aliphatic heterocycles. The van der Waals surface area contributed by atoms with E-state index >= 15 is 0 Å². The van der Waals surface area contributed by atoms with Crippen LogP contribution in [0, 0.1) is 11.3 Å². The summed E-state index contributed by atoms with van der Waals surface area (Å²) >= 11 is 0. The van der Waals surface area contributed by atoms with Crippen molar-refractivity contribution in [2.45, 2.75) is 19.4 Å². The van der Waals surface area contributed by atoms with Gasteiger partial charge in [-0.1, -0.05) is 18.2 Å². The van der Waals surface area contributed by atoms with Gasteiger partial charge in [0.1, 0.15) is 6.04 Å². The van der Waals surface area contributed by atoms with E-state index in [1.54, 1.807) is 0 Å². The second-order valence-corrected chi connectivity index (χ2v) is 3.55. The fourth-order valence-electron chi connectivity index (χ4n) is 1.67. The molecular weight excluding hydrogens is 216 g/mol. The van der Waals surface area contributed by atoms with E-state index in [1.807, 2.05) is 42.2 Å². The second kappa shape index (κ2) is 6.54. The Morgan fingerprint density at radius 1 is 1.47 bits per heavy atom. The highest BCUT2D eigenvalue weighted by molar-refractivity contribution is 5.71. The maximum absolute atomic E-state index is 11.2. The Labute approximate surface area is 101 Å². The summed E-state index contributed by atoms with van der Waals surface area (Å²) in [5, 5.41) is 9.13. The summed E-state index contributed by atoms with van der Waals surface area (Å²) < 4.78 is 4.60. The van der Waals surface area contributed by atoms with E-state index in [-0.39, 0.29) is 12.4 Å². The summed E-state index contributed by atoms with van der Waals surface area (Å²) in [6.07, 6.45) is 0.0791. The molecule has 17 heavy (non-hydrogen) atoms. The minimum absolute atomic E-state index is 0.0791. The number of benzene rings is 1. The van der Waals surface area contributed by atoms with Crippen LogP contribution < -0.4 is 4.90 Å². The molecule has 0 amide bonds. The molecule has 0 saturated heterocycles. The van der Waals surface area contributed by atoms with Crippen LogP contribution in [0.4, 0.5) is 5.69 Å². The van der Waals surface area contributed by atoms with Crippen molar-refractivity contribution in [1.29, 1.82) is 5.26 Å². The lowest BCUT2D eigenvalue weighted by molar-refractivity contribution is -0.140. The first-order valence-electron chi connectivity index (χ1n) is 5.51. The molecule has 1 unspecified atom stereocenters. The van der Waals surface area contributed by atoms with Crippen LogP contribution >= 0.6 is 0 Å². The first kappa shape index (κ1) is 13.0. The molecule has 0 spiro atoms. The lowest BCUT2D eigenvalue weighted by atomic mass is 10.1. The third-order valence-electron chi connectivity index (χ3n) is 2.54. The number of nitrogens with zero attached hydrogens (tertiary/aromatic N) is 2. The van der Waals surface area contributed by atoms with Crippen molar-refractivity contribution >= 4 is 11.7 Å². The molecule has 0 N–H and O–H groups in total. The molecule has 0 fully saturated rings. The molecule has 1 atom stereocenters. The first-order valence-corrected chi connectivity index (χ1v) is 5.51. The normalized spacial score (nSPS) is 11.4. The van der Waals surface area contributed by atoms with E-state index in [1.165, 1.54) is 7.11 Å². The minimum Gasteiger partial charge on any atom is -0.469 e. The third-order valence-corrected chi connectivity index (χ3v) is 2.54. The van der Waals surface area contributed by atoms with Crippen LogP contribution in [0.15, 0.2) is 30.3 Å². The summed E-state index contributed by atoms with van der Waals surface area (Å²) in [4.78, 5) is 13.1. The van der Waals surface area contributed by atoms with E-state index in [0.717, 1.165) is 5.69 Å². The molecule has 0 heterocycles. The Bertz CT molecular complexity index is 398. The molecule has 1 aromatic rings. The van der Waals surface area contributed by atoms with E-state index in [4.69, 9.17) is 5.26 Å². The average molecular weight is 232 g/mol. The summed E-state index contributed by atoms with van der Waals surface area (Å²) in [6, 6.07) is 11.2. The zero-order valence-corrected chi connectivity index (χ0v) is 10.1. The third kappa shape index (κ3) is 3.49. The quantitative estimate of drug-likeness (QED) is 0.728. The van der Waals surface area contributed by atoms with E-state index in [9.17, 15) is 4.79 Å². The van der Waals surface area contributed by atoms with Crippen molar-refractivity contribution in [2.75, 3.05) is 18.6 Å². The van der Waals surface area contributed by atoms with Gasteiger partial charge in [-0.15, -0.1) is 0 Å². The van der Waals surface area contributed by atoms with Gasteiger partial charge in [-0.2, -0.15) is 5.26 Å². The van der Waals surface area contributed by atoms with Gasteiger partial charge in [-0.05, 0) is 19.1 Å². The number of hydrogen-bond acceptors (Lipinski definition) is 4. The molecule has 4 nitrogen and oxygen atoms in total. The Kier molecular flexibility index (Phi) is 5.02. The molecule has 0 bridgehead atoms. The van der Waals surface area contributed by atoms with Crippen molar-refractivity contribution in [1.82, 2.24) is 0 Å². The first-order chi connectivity index (χ1) is 8.22. The summed E-state index contributed by atoms with van der Waals surface area (Å²) in [6.45, 7) is 2.62. The molecule has 0 aliphatic carbocycles. The number of methoxy groups -OCH3 is 1. The predicted octanol–water partition coefficient (Wildman–Crippen LogP) is 1.97. The smallest absolute Gasteiger partial charge is 0.308 e. The lowest BCUT2D eigenvalue weighted by Crippen LogP contribution is -2.36. The molecule has 0 aromatic heterocycles. The van der Waals surface area contributed by atoms with Crippen molar-refractivity contribution in [3.8, 4) is 6.07 Å². The minimum atomic E-state index is -0.491. The fraction of sp³-hybridized carbons (Fsp3) is 0.385. The van der Waals surface area contributed by atoms with Crippen LogP contribution in [0.3, 0.4) is 0 Å². The van der Waals surface area contributed by atoms with E-state index < -0.39 is 6.04 Å². The van der Waals surface area contributed by atoms with E-state index in [2.05, 4.69) is 10.8 Å². The second-order valence-electron chi connectivity index (χ2n) is 3.55. The van der Waals surface area contributed by atoms with Crippen molar-refractivity contribution in [2.24, 2.45) is 0 Å². The number of rotatable bonds is 5. The molecule has 0 saturated carbocycles. The Morgan fingerprint density at radius 2 is 2.12 bits per heavy atom. The molecule has 0 aliphatic rings. The highest BCUT2D eigenvalue weighted by Crippen LogP contribution is 2.17. The Morgan fingerprint density at radius 3 is 2.59 bits per heavy atom. The molecule has 0 radical (unpaired) electrons. The van der Waals surface area contributed by atoms with Gasteiger partial charge >= 0.3 is 5.97 Å². The molecule has 1 rings (SSSR count). The average Bonchev–Trinajstić information content (AvgIpc) is 2.39. The van der Waals surface area contributed by atoms with Crippen LogP contribution in [0.5, 0.6) is 0 Å². The number of nitriles is 1. The van der Waals surface area contributed by atoms with Crippen molar-refractivity contribution in [3.05, 3.63) is 30.3 Å². The van der Waals surface area contributed by atoms with Crippen LogP contribution in [0.25, 0.3) is 0 Å². The van der Waals surface area contributed by atoms with Gasteiger partial charge in [-0.3, -0.25) is 4.79 Å². The zero-order chi connectivity index (χ0) is 12.7. The summed E-state index contributed by atoms with van der Waals surface area (Å²) in [7, 11) is 1.33. The zero-order valence-electron chi connectivity index (χ0n) is 10.1. The maximum Gasteiger partial charge on any atom is 0.308 e. The highest BCUT2D eigenvalue weighted by Gasteiger charge is 2.20. The van der Waals surface area contributed by atoms with E-state index in [0.29, 0.717) is 6.54 Å². The van der Waals surface area contributed by atoms with Gasteiger partial charge in [0.25, 0.3) is 0 Å². The largest absolute Gasteiger partial charge is 0.469 e. The topological polar surface area (TPSA) is 53.3 Å². The number of hydrogen-bond donors (Lipinski definition) is 0. The molecule has 1 aromatic carbocycles. The van der Waals surface area contributed by atoms with Gasteiger partial charge in [0.15, 0.2) is 0 Å².